The fourth-order valence-electron chi connectivity index (χ4n) is 15.8. The van der Waals surface area contributed by atoms with Crippen LogP contribution in [0, 0.1) is 35.5 Å². The molecule has 1 spiro atoms. The molecule has 58 heavy (non-hydrogen) atoms. The van der Waals surface area contributed by atoms with Crippen molar-refractivity contribution in [2.24, 2.45) is 35.5 Å². The highest BCUT2D eigenvalue weighted by Crippen LogP contribution is 2.65. The summed E-state index contributed by atoms with van der Waals surface area (Å²) in [6, 6.07) is 45.7. The summed E-state index contributed by atoms with van der Waals surface area (Å²) < 4.78 is 0. The Morgan fingerprint density at radius 3 is 1.21 bits per heavy atom. The second-order valence-electron chi connectivity index (χ2n) is 20.5. The van der Waals surface area contributed by atoms with Crippen molar-refractivity contribution in [3.05, 3.63) is 155 Å². The van der Waals surface area contributed by atoms with Crippen LogP contribution in [0.1, 0.15) is 111 Å². The first-order valence-electron chi connectivity index (χ1n) is 22.6. The molecule has 0 saturated heterocycles. The third-order valence-electron chi connectivity index (χ3n) is 17.1. The molecule has 0 N–H and O–H groups in total. The van der Waals surface area contributed by atoms with Gasteiger partial charge in [0.15, 0.2) is 5.82 Å². The summed E-state index contributed by atoms with van der Waals surface area (Å²) in [4.78, 5) is 19.4. The topological polar surface area (TPSA) is 41.9 Å². The molecule has 5 aromatic carbocycles. The van der Waals surface area contributed by atoms with E-state index < -0.39 is 5.41 Å². The highest BCUT2D eigenvalue weighted by atomic mass is 15.2. The van der Waals surface area contributed by atoms with E-state index in [1.165, 1.54) is 122 Å². The van der Waals surface area contributed by atoms with Crippen molar-refractivity contribution in [3.63, 3.8) is 0 Å². The van der Waals surface area contributed by atoms with Gasteiger partial charge >= 0.3 is 0 Å². The molecular formula is C54H50N4. The van der Waals surface area contributed by atoms with Gasteiger partial charge in [0.05, 0.1) is 16.8 Å². The van der Waals surface area contributed by atoms with E-state index >= 15 is 0 Å². The van der Waals surface area contributed by atoms with Crippen molar-refractivity contribution in [2.45, 2.75) is 93.3 Å². The minimum Gasteiger partial charge on any atom is -0.310 e. The minimum atomic E-state index is -0.400. The summed E-state index contributed by atoms with van der Waals surface area (Å²) in [7, 11) is 0. The van der Waals surface area contributed by atoms with Gasteiger partial charge in [-0.25, -0.2) is 15.0 Å². The third kappa shape index (κ3) is 4.34. The molecule has 1 aromatic heterocycles. The predicted molar refractivity (Wildman–Crippen MR) is 231 cm³/mol. The van der Waals surface area contributed by atoms with E-state index in [9.17, 15) is 0 Å². The third-order valence-corrected chi connectivity index (χ3v) is 17.1. The lowest BCUT2D eigenvalue weighted by molar-refractivity contribution is -0.0155. The van der Waals surface area contributed by atoms with E-state index in [0.29, 0.717) is 0 Å². The summed E-state index contributed by atoms with van der Waals surface area (Å²) in [6.07, 6.45) is 16.3. The summed E-state index contributed by atoms with van der Waals surface area (Å²) in [5, 5.41) is 0. The fraction of sp³-hybridized carbons (Fsp3) is 0.389. The molecular weight excluding hydrogens is 705 g/mol. The summed E-state index contributed by atoms with van der Waals surface area (Å²) in [5.41, 5.74) is 12.7. The average molecular weight is 755 g/mol. The normalized spacial score (nSPS) is 32.2. The molecule has 1 aliphatic heterocycles. The van der Waals surface area contributed by atoms with E-state index in [0.717, 1.165) is 64.2 Å². The van der Waals surface area contributed by atoms with Gasteiger partial charge in [0.2, 0.25) is 0 Å². The molecule has 0 unspecified atom stereocenters. The minimum absolute atomic E-state index is 0.137. The van der Waals surface area contributed by atoms with Crippen LogP contribution in [0.5, 0.6) is 0 Å². The van der Waals surface area contributed by atoms with Crippen molar-refractivity contribution < 1.29 is 0 Å². The zero-order chi connectivity index (χ0) is 37.8. The Bertz CT molecular complexity index is 2450. The van der Waals surface area contributed by atoms with Crippen LogP contribution in [0.15, 0.2) is 121 Å². The summed E-state index contributed by atoms with van der Waals surface area (Å²) in [5.74, 6) is 8.37. The molecule has 8 bridgehead atoms. The quantitative estimate of drug-likeness (QED) is 0.179. The van der Waals surface area contributed by atoms with Crippen LogP contribution in [0.3, 0.4) is 0 Å². The van der Waals surface area contributed by atoms with E-state index in [2.05, 4.69) is 126 Å². The molecule has 4 heteroatoms. The number of benzene rings is 5. The average Bonchev–Trinajstić information content (AvgIpc) is 3.54. The number of para-hydroxylation sites is 2. The molecule has 10 aliphatic rings. The molecule has 0 atom stereocenters. The van der Waals surface area contributed by atoms with E-state index in [-0.39, 0.29) is 10.8 Å². The summed E-state index contributed by atoms with van der Waals surface area (Å²) in [6.45, 7) is 0. The highest BCUT2D eigenvalue weighted by molar-refractivity contribution is 5.95. The summed E-state index contributed by atoms with van der Waals surface area (Å²) >= 11 is 0. The van der Waals surface area contributed by atoms with Crippen molar-refractivity contribution in [1.29, 1.82) is 0 Å². The van der Waals surface area contributed by atoms with Gasteiger partial charge in [0, 0.05) is 22.1 Å². The van der Waals surface area contributed by atoms with Gasteiger partial charge < -0.3 is 4.90 Å². The van der Waals surface area contributed by atoms with Crippen LogP contribution in [0.4, 0.5) is 17.1 Å². The van der Waals surface area contributed by atoms with Crippen LogP contribution in [0.25, 0.3) is 22.5 Å². The maximum atomic E-state index is 5.72. The van der Waals surface area contributed by atoms with E-state index in [1.54, 1.807) is 0 Å². The first kappa shape index (κ1) is 32.8. The molecule has 16 rings (SSSR count). The van der Waals surface area contributed by atoms with Crippen LogP contribution in [0.2, 0.25) is 0 Å². The standard InChI is InChI=1S/C54H50N4/c1-3-11-43-41(9-1)42-10-2-4-12-44(42)54(43)45-13-5-7-15-47(45)58(48-16-8-6-14-46(48)54)40-19-17-39(18-20-40)49-55-50(52-27-33-21-34(28-52)23-35(22-33)29-52)57-51(56-49)53-30-36-24-37(31-53)26-38(25-36)32-53/h1-20,33-38H,21-32H2. The van der Waals surface area contributed by atoms with Gasteiger partial charge in [-0.1, -0.05) is 84.9 Å². The number of fused-ring (bicyclic) bond motifs is 9. The number of hydrogen-bond acceptors (Lipinski definition) is 4. The maximum Gasteiger partial charge on any atom is 0.163 e. The first-order valence-corrected chi connectivity index (χ1v) is 22.6. The highest BCUT2D eigenvalue weighted by Gasteiger charge is 2.57. The maximum absolute atomic E-state index is 5.72. The molecule has 9 aliphatic carbocycles. The van der Waals surface area contributed by atoms with Gasteiger partial charge in [-0.15, -0.1) is 0 Å². The van der Waals surface area contributed by atoms with E-state index in [1.807, 2.05) is 0 Å². The Kier molecular flexibility index (Phi) is 6.54. The number of nitrogens with zero attached hydrogens (tertiary/aromatic N) is 4. The smallest absolute Gasteiger partial charge is 0.163 e. The van der Waals surface area contributed by atoms with Crippen molar-refractivity contribution in [1.82, 2.24) is 15.0 Å². The molecule has 286 valence electrons. The number of anilines is 3. The lowest BCUT2D eigenvalue weighted by atomic mass is 9.49. The van der Waals surface area contributed by atoms with Gasteiger partial charge in [-0.3, -0.25) is 0 Å². The number of hydrogen-bond donors (Lipinski definition) is 0. The number of rotatable bonds is 4. The SMILES string of the molecule is c1ccc2c(c1)-c1ccccc1C21c2ccccc2N(c2ccc(-c3nc(C45CC6CC(CC(C6)C4)C5)nc(C45CC6CC(CC(C6)C4)C5)n3)cc2)c2ccccc21. The molecule has 6 aromatic rings. The lowest BCUT2D eigenvalue weighted by Gasteiger charge is -2.57. The monoisotopic (exact) mass is 754 g/mol. The zero-order valence-corrected chi connectivity index (χ0v) is 33.3. The van der Waals surface area contributed by atoms with Crippen LogP contribution in [-0.4, -0.2) is 15.0 Å². The van der Waals surface area contributed by atoms with Crippen LogP contribution < -0.4 is 4.90 Å². The lowest BCUT2D eigenvalue weighted by Crippen LogP contribution is -2.51. The van der Waals surface area contributed by atoms with Crippen molar-refractivity contribution in [3.8, 4) is 22.5 Å². The Morgan fingerprint density at radius 2 is 0.776 bits per heavy atom. The largest absolute Gasteiger partial charge is 0.310 e. The molecule has 8 fully saturated rings. The second kappa shape index (κ2) is 11.6. The van der Waals surface area contributed by atoms with Crippen molar-refractivity contribution >= 4 is 17.1 Å². The molecule has 0 radical (unpaired) electrons. The first-order chi connectivity index (χ1) is 28.6. The Morgan fingerprint density at radius 1 is 0.397 bits per heavy atom. The van der Waals surface area contributed by atoms with Crippen molar-refractivity contribution in [2.75, 3.05) is 4.90 Å². The second-order valence-corrected chi connectivity index (χ2v) is 20.5. The van der Waals surface area contributed by atoms with Gasteiger partial charge in [-0.05, 0) is 182 Å². The Hall–Kier alpha value is -5.09. The van der Waals surface area contributed by atoms with Crippen LogP contribution >= 0.6 is 0 Å². The zero-order valence-electron chi connectivity index (χ0n) is 33.3. The Balaban J connectivity index is 0.909. The van der Waals surface area contributed by atoms with Gasteiger partial charge in [0.25, 0.3) is 0 Å². The van der Waals surface area contributed by atoms with Gasteiger partial charge in [-0.2, -0.15) is 0 Å². The molecule has 0 amide bonds. The number of aromatic nitrogens is 3. The molecule has 2 heterocycles. The molecule has 8 saturated carbocycles. The molecule has 4 nitrogen and oxygen atoms in total. The Labute approximate surface area is 342 Å². The van der Waals surface area contributed by atoms with E-state index in [4.69, 9.17) is 15.0 Å². The van der Waals surface area contributed by atoms with Gasteiger partial charge in [0.1, 0.15) is 11.6 Å². The predicted octanol–water partition coefficient (Wildman–Crippen LogP) is 12.6. The van der Waals surface area contributed by atoms with Crippen LogP contribution in [-0.2, 0) is 16.2 Å². The fourth-order valence-corrected chi connectivity index (χ4v) is 15.8.